The minimum Gasteiger partial charge on any atom is -0.384 e. The molecule has 3 heteroatoms. The molecule has 1 aromatic rings. The molecule has 0 spiro atoms. The lowest BCUT2D eigenvalue weighted by atomic mass is 10.1. The fourth-order valence-corrected chi connectivity index (χ4v) is 3.01. The van der Waals surface area contributed by atoms with E-state index in [1.807, 2.05) is 18.2 Å². The minimum absolute atomic E-state index is 0.692. The Hall–Kier alpha value is -1.01. The summed E-state index contributed by atoms with van der Waals surface area (Å²) in [5.41, 5.74) is 1.78. The van der Waals surface area contributed by atoms with Crippen LogP contribution in [0.25, 0.3) is 0 Å². The number of nitrogens with one attached hydrogen (secondary N) is 1. The average molecular weight is 293 g/mol. The molecule has 1 aliphatic rings. The zero-order valence-electron chi connectivity index (χ0n) is 10.0. The summed E-state index contributed by atoms with van der Waals surface area (Å²) in [6.07, 6.45) is 4.03. The number of anilines is 1. The van der Waals surface area contributed by atoms with Gasteiger partial charge in [-0.1, -0.05) is 13.3 Å². The van der Waals surface area contributed by atoms with Crippen LogP contribution >= 0.6 is 15.9 Å². The molecule has 1 aliphatic carbocycles. The highest BCUT2D eigenvalue weighted by molar-refractivity contribution is 9.10. The third-order valence-corrected chi connectivity index (χ3v) is 4.14. The first-order valence-corrected chi connectivity index (χ1v) is 6.92. The first-order valence-electron chi connectivity index (χ1n) is 6.12. The molecule has 1 saturated carbocycles. The zero-order chi connectivity index (χ0) is 12.3. The van der Waals surface area contributed by atoms with E-state index < -0.39 is 0 Å². The molecule has 1 fully saturated rings. The Balaban J connectivity index is 1.93. The van der Waals surface area contributed by atoms with E-state index in [1.54, 1.807) is 0 Å². The van der Waals surface area contributed by atoms with Crippen LogP contribution in [0, 0.1) is 23.2 Å². The molecule has 0 bridgehead atoms. The second kappa shape index (κ2) is 5.55. The molecule has 2 unspecified atom stereocenters. The lowest BCUT2D eigenvalue weighted by Gasteiger charge is -2.13. The number of benzene rings is 1. The second-order valence-electron chi connectivity index (χ2n) is 4.97. The largest absolute Gasteiger partial charge is 0.384 e. The first-order chi connectivity index (χ1) is 8.19. The van der Waals surface area contributed by atoms with Crippen molar-refractivity contribution < 1.29 is 0 Å². The van der Waals surface area contributed by atoms with Gasteiger partial charge in [0.15, 0.2) is 0 Å². The molecule has 0 radical (unpaired) electrons. The van der Waals surface area contributed by atoms with Crippen molar-refractivity contribution >= 4 is 21.6 Å². The lowest BCUT2D eigenvalue weighted by Crippen LogP contribution is -2.11. The Morgan fingerprint density at radius 2 is 2.29 bits per heavy atom. The van der Waals surface area contributed by atoms with Gasteiger partial charge >= 0.3 is 0 Å². The van der Waals surface area contributed by atoms with E-state index in [2.05, 4.69) is 34.2 Å². The van der Waals surface area contributed by atoms with Gasteiger partial charge in [-0.3, -0.25) is 0 Å². The van der Waals surface area contributed by atoms with E-state index in [0.717, 1.165) is 28.5 Å². The van der Waals surface area contributed by atoms with E-state index in [0.29, 0.717) is 5.56 Å². The minimum atomic E-state index is 0.692. The normalized spacial score (nSPS) is 23.4. The van der Waals surface area contributed by atoms with Crippen LogP contribution in [-0.4, -0.2) is 6.54 Å². The second-order valence-corrected chi connectivity index (χ2v) is 5.83. The van der Waals surface area contributed by atoms with Gasteiger partial charge in [0.25, 0.3) is 0 Å². The number of hydrogen-bond acceptors (Lipinski definition) is 2. The highest BCUT2D eigenvalue weighted by Gasteiger charge is 2.20. The summed E-state index contributed by atoms with van der Waals surface area (Å²) in [7, 11) is 0. The lowest BCUT2D eigenvalue weighted by molar-refractivity contribution is 0.537. The quantitative estimate of drug-likeness (QED) is 0.908. The Morgan fingerprint density at radius 3 is 2.88 bits per heavy atom. The summed E-state index contributed by atoms with van der Waals surface area (Å²) in [6.45, 7) is 3.37. The van der Waals surface area contributed by atoms with Crippen LogP contribution in [0.2, 0.25) is 0 Å². The number of nitrogens with zero attached hydrogens (tertiary/aromatic N) is 1. The Labute approximate surface area is 111 Å². The Kier molecular flexibility index (Phi) is 4.06. The van der Waals surface area contributed by atoms with E-state index >= 15 is 0 Å². The van der Waals surface area contributed by atoms with Crippen LogP contribution in [0.15, 0.2) is 22.7 Å². The van der Waals surface area contributed by atoms with Crippen LogP contribution in [-0.2, 0) is 0 Å². The van der Waals surface area contributed by atoms with Crippen LogP contribution < -0.4 is 5.32 Å². The van der Waals surface area contributed by atoms with Crippen molar-refractivity contribution in [1.82, 2.24) is 0 Å². The Bertz CT molecular complexity index is 436. The van der Waals surface area contributed by atoms with Gasteiger partial charge in [-0.05, 0) is 58.8 Å². The Morgan fingerprint density at radius 1 is 1.47 bits per heavy atom. The monoisotopic (exact) mass is 292 g/mol. The van der Waals surface area contributed by atoms with Gasteiger partial charge in [0.1, 0.15) is 0 Å². The third kappa shape index (κ3) is 3.23. The summed E-state index contributed by atoms with van der Waals surface area (Å²) in [5, 5.41) is 12.3. The van der Waals surface area contributed by atoms with Crippen molar-refractivity contribution in [2.24, 2.45) is 11.8 Å². The van der Waals surface area contributed by atoms with E-state index in [1.165, 1.54) is 19.3 Å². The number of rotatable bonds is 3. The van der Waals surface area contributed by atoms with Crippen LogP contribution in [0.1, 0.15) is 31.7 Å². The molecule has 1 N–H and O–H groups in total. The molecule has 0 heterocycles. The molecule has 2 nitrogen and oxygen atoms in total. The molecular formula is C14H17BrN2. The van der Waals surface area contributed by atoms with Crippen molar-refractivity contribution in [1.29, 1.82) is 5.26 Å². The zero-order valence-corrected chi connectivity index (χ0v) is 11.6. The predicted octanol–water partition coefficient (Wildman–Crippen LogP) is 4.17. The summed E-state index contributed by atoms with van der Waals surface area (Å²) in [5.74, 6) is 1.68. The molecule has 0 amide bonds. The summed E-state index contributed by atoms with van der Waals surface area (Å²) >= 11 is 3.50. The van der Waals surface area contributed by atoms with Gasteiger partial charge in [0.2, 0.25) is 0 Å². The smallest absolute Gasteiger partial charge is 0.0992 e. The predicted molar refractivity (Wildman–Crippen MR) is 73.9 cm³/mol. The van der Waals surface area contributed by atoms with E-state index in [9.17, 15) is 0 Å². The van der Waals surface area contributed by atoms with Crippen molar-refractivity contribution in [3.05, 3.63) is 28.2 Å². The van der Waals surface area contributed by atoms with Crippen molar-refractivity contribution in [3.8, 4) is 6.07 Å². The maximum Gasteiger partial charge on any atom is 0.0992 e. The van der Waals surface area contributed by atoms with Crippen molar-refractivity contribution in [2.75, 3.05) is 11.9 Å². The average Bonchev–Trinajstić information content (AvgIpc) is 2.73. The molecule has 0 saturated heterocycles. The maximum atomic E-state index is 8.79. The highest BCUT2D eigenvalue weighted by Crippen LogP contribution is 2.31. The van der Waals surface area contributed by atoms with Crippen molar-refractivity contribution in [2.45, 2.75) is 26.2 Å². The number of hydrogen-bond donors (Lipinski definition) is 1. The van der Waals surface area contributed by atoms with Gasteiger partial charge in [0, 0.05) is 16.7 Å². The van der Waals surface area contributed by atoms with Gasteiger partial charge < -0.3 is 5.32 Å². The highest BCUT2D eigenvalue weighted by atomic mass is 79.9. The van der Waals surface area contributed by atoms with Gasteiger partial charge in [-0.2, -0.15) is 5.26 Å². The van der Waals surface area contributed by atoms with E-state index in [-0.39, 0.29) is 0 Å². The molecule has 0 aliphatic heterocycles. The fourth-order valence-electron chi connectivity index (χ4n) is 2.49. The molecule has 1 aromatic carbocycles. The topological polar surface area (TPSA) is 35.8 Å². The molecule has 2 atom stereocenters. The first kappa shape index (κ1) is 12.4. The standard InChI is InChI=1S/C14H17BrN2/c1-10-2-3-12(6-10)9-17-14-5-4-11(8-16)7-13(14)15/h4-5,7,10,12,17H,2-3,6,9H2,1H3. The number of halogens is 1. The number of nitriles is 1. The molecule has 17 heavy (non-hydrogen) atoms. The van der Waals surface area contributed by atoms with Crippen LogP contribution in [0.5, 0.6) is 0 Å². The summed E-state index contributed by atoms with van der Waals surface area (Å²) in [6, 6.07) is 7.83. The molecule has 0 aromatic heterocycles. The molecule has 2 rings (SSSR count). The maximum absolute atomic E-state index is 8.79. The SMILES string of the molecule is CC1CCC(CNc2ccc(C#N)cc2Br)C1. The van der Waals surface area contributed by atoms with Crippen molar-refractivity contribution in [3.63, 3.8) is 0 Å². The fraction of sp³-hybridized carbons (Fsp3) is 0.500. The van der Waals surface area contributed by atoms with Crippen LogP contribution in [0.4, 0.5) is 5.69 Å². The van der Waals surface area contributed by atoms with Gasteiger partial charge in [-0.25, -0.2) is 0 Å². The summed E-state index contributed by atoms with van der Waals surface area (Å²) < 4.78 is 0.975. The molecular weight excluding hydrogens is 276 g/mol. The third-order valence-electron chi connectivity index (χ3n) is 3.48. The van der Waals surface area contributed by atoms with Gasteiger partial charge in [0.05, 0.1) is 11.6 Å². The van der Waals surface area contributed by atoms with Gasteiger partial charge in [-0.15, -0.1) is 0 Å². The van der Waals surface area contributed by atoms with Crippen LogP contribution in [0.3, 0.4) is 0 Å². The molecule has 90 valence electrons. The van der Waals surface area contributed by atoms with E-state index in [4.69, 9.17) is 5.26 Å². The summed E-state index contributed by atoms with van der Waals surface area (Å²) in [4.78, 5) is 0.